The van der Waals surface area contributed by atoms with Gasteiger partial charge < -0.3 is 10.5 Å². The summed E-state index contributed by atoms with van der Waals surface area (Å²) < 4.78 is 18.7. The Morgan fingerprint density at radius 2 is 2.24 bits per heavy atom. The van der Waals surface area contributed by atoms with Gasteiger partial charge in [-0.05, 0) is 55.9 Å². The van der Waals surface area contributed by atoms with Gasteiger partial charge in [0.15, 0.2) is 0 Å². The number of nitrogens with two attached hydrogens (primary N) is 1. The van der Waals surface area contributed by atoms with Gasteiger partial charge in [-0.1, -0.05) is 6.42 Å². The highest BCUT2D eigenvalue weighted by molar-refractivity contribution is 5.28. The normalized spacial score (nSPS) is 23.9. The summed E-state index contributed by atoms with van der Waals surface area (Å²) in [6, 6.07) is 5.21. The van der Waals surface area contributed by atoms with Crippen molar-refractivity contribution in [1.29, 1.82) is 0 Å². The minimum atomic E-state index is -0.185. The summed E-state index contributed by atoms with van der Waals surface area (Å²) in [4.78, 5) is 0. The molecule has 1 fully saturated rings. The van der Waals surface area contributed by atoms with Crippen molar-refractivity contribution < 1.29 is 9.13 Å². The van der Waals surface area contributed by atoms with Crippen molar-refractivity contribution >= 4 is 0 Å². The summed E-state index contributed by atoms with van der Waals surface area (Å²) in [5.74, 6) is 1.15. The largest absolute Gasteiger partial charge is 0.494 e. The van der Waals surface area contributed by atoms with Gasteiger partial charge >= 0.3 is 0 Å². The van der Waals surface area contributed by atoms with Crippen molar-refractivity contribution in [2.45, 2.75) is 38.6 Å². The fourth-order valence-electron chi connectivity index (χ4n) is 2.46. The van der Waals surface area contributed by atoms with Gasteiger partial charge in [0.05, 0.1) is 6.61 Å². The molecule has 2 unspecified atom stereocenters. The number of rotatable bonds is 4. The summed E-state index contributed by atoms with van der Waals surface area (Å²) >= 11 is 0. The van der Waals surface area contributed by atoms with E-state index in [1.54, 1.807) is 19.1 Å². The van der Waals surface area contributed by atoms with E-state index in [4.69, 9.17) is 10.5 Å². The Kier molecular flexibility index (Phi) is 4.00. The van der Waals surface area contributed by atoms with Crippen LogP contribution in [0.3, 0.4) is 0 Å². The van der Waals surface area contributed by atoms with Crippen LogP contribution in [0.4, 0.5) is 4.39 Å². The standard InChI is InChI=1S/C14H20FNO/c1-10-9-12(5-6-13(10)15)17-8-7-11-3-2-4-14(11)16/h5-6,9,11,14H,2-4,7-8,16H2,1H3. The molecule has 0 amide bonds. The molecule has 2 N–H and O–H groups in total. The molecule has 0 heterocycles. The maximum atomic E-state index is 13.0. The highest BCUT2D eigenvalue weighted by Crippen LogP contribution is 2.27. The molecule has 1 aliphatic rings. The summed E-state index contributed by atoms with van der Waals surface area (Å²) in [6.45, 7) is 2.42. The van der Waals surface area contributed by atoms with Gasteiger partial charge in [-0.3, -0.25) is 0 Å². The molecule has 1 aliphatic carbocycles. The summed E-state index contributed by atoms with van der Waals surface area (Å²) in [5.41, 5.74) is 6.62. The molecule has 0 spiro atoms. The Morgan fingerprint density at radius 1 is 1.41 bits per heavy atom. The summed E-state index contributed by atoms with van der Waals surface area (Å²) in [5, 5.41) is 0. The first-order valence-corrected chi connectivity index (χ1v) is 6.31. The number of benzene rings is 1. The zero-order chi connectivity index (χ0) is 12.3. The molecule has 0 saturated heterocycles. The van der Waals surface area contributed by atoms with Gasteiger partial charge in [0.1, 0.15) is 11.6 Å². The minimum Gasteiger partial charge on any atom is -0.494 e. The van der Waals surface area contributed by atoms with Crippen molar-refractivity contribution in [3.63, 3.8) is 0 Å². The van der Waals surface area contributed by atoms with Crippen LogP contribution in [0.25, 0.3) is 0 Å². The molecule has 1 aromatic carbocycles. The van der Waals surface area contributed by atoms with Gasteiger partial charge in [0.25, 0.3) is 0 Å². The fourth-order valence-corrected chi connectivity index (χ4v) is 2.46. The molecule has 0 aliphatic heterocycles. The van der Waals surface area contributed by atoms with E-state index in [9.17, 15) is 4.39 Å². The molecular weight excluding hydrogens is 217 g/mol. The molecule has 94 valence electrons. The molecule has 0 bridgehead atoms. The second-order valence-electron chi connectivity index (χ2n) is 4.90. The van der Waals surface area contributed by atoms with Crippen LogP contribution in [0.2, 0.25) is 0 Å². The van der Waals surface area contributed by atoms with Gasteiger partial charge in [-0.25, -0.2) is 4.39 Å². The van der Waals surface area contributed by atoms with Crippen molar-refractivity contribution in [2.24, 2.45) is 11.7 Å². The second kappa shape index (κ2) is 5.50. The first-order chi connectivity index (χ1) is 8.16. The monoisotopic (exact) mass is 237 g/mol. The van der Waals surface area contributed by atoms with Crippen LogP contribution in [0.1, 0.15) is 31.2 Å². The van der Waals surface area contributed by atoms with Gasteiger partial charge in [-0.15, -0.1) is 0 Å². The maximum absolute atomic E-state index is 13.0. The lowest BCUT2D eigenvalue weighted by Gasteiger charge is -2.15. The highest BCUT2D eigenvalue weighted by Gasteiger charge is 2.23. The van der Waals surface area contributed by atoms with E-state index in [0.717, 1.165) is 18.6 Å². The first kappa shape index (κ1) is 12.4. The van der Waals surface area contributed by atoms with Crippen LogP contribution >= 0.6 is 0 Å². The lowest BCUT2D eigenvalue weighted by Crippen LogP contribution is -2.25. The summed E-state index contributed by atoms with van der Waals surface area (Å²) in [7, 11) is 0. The van der Waals surface area contributed by atoms with E-state index in [1.165, 1.54) is 18.9 Å². The van der Waals surface area contributed by atoms with E-state index in [1.807, 2.05) is 0 Å². The molecule has 1 aromatic rings. The number of halogens is 1. The molecular formula is C14H20FNO. The molecule has 2 atom stereocenters. The van der Waals surface area contributed by atoms with E-state index in [0.29, 0.717) is 24.1 Å². The van der Waals surface area contributed by atoms with Gasteiger partial charge in [-0.2, -0.15) is 0 Å². The third-order valence-corrected chi connectivity index (χ3v) is 3.60. The third-order valence-electron chi connectivity index (χ3n) is 3.60. The number of hydrogen-bond donors (Lipinski definition) is 1. The van der Waals surface area contributed by atoms with E-state index < -0.39 is 0 Å². The van der Waals surface area contributed by atoms with Crippen LogP contribution in [0.5, 0.6) is 5.75 Å². The lowest BCUT2D eigenvalue weighted by molar-refractivity contribution is 0.270. The smallest absolute Gasteiger partial charge is 0.126 e. The van der Waals surface area contributed by atoms with Gasteiger partial charge in [0, 0.05) is 6.04 Å². The van der Waals surface area contributed by atoms with Crippen LogP contribution < -0.4 is 10.5 Å². The topological polar surface area (TPSA) is 35.2 Å². The van der Waals surface area contributed by atoms with Crippen LogP contribution in [-0.4, -0.2) is 12.6 Å². The zero-order valence-corrected chi connectivity index (χ0v) is 10.3. The van der Waals surface area contributed by atoms with Crippen LogP contribution in [-0.2, 0) is 0 Å². The Morgan fingerprint density at radius 3 is 2.88 bits per heavy atom. The number of hydrogen-bond acceptors (Lipinski definition) is 2. The van der Waals surface area contributed by atoms with Crippen molar-refractivity contribution in [3.8, 4) is 5.75 Å². The molecule has 0 aromatic heterocycles. The van der Waals surface area contributed by atoms with Crippen LogP contribution in [0.15, 0.2) is 18.2 Å². The predicted molar refractivity (Wildman–Crippen MR) is 66.6 cm³/mol. The zero-order valence-electron chi connectivity index (χ0n) is 10.3. The average Bonchev–Trinajstić information content (AvgIpc) is 2.70. The molecule has 17 heavy (non-hydrogen) atoms. The van der Waals surface area contributed by atoms with Crippen molar-refractivity contribution in [3.05, 3.63) is 29.6 Å². The highest BCUT2D eigenvalue weighted by atomic mass is 19.1. The van der Waals surface area contributed by atoms with Crippen molar-refractivity contribution in [2.75, 3.05) is 6.61 Å². The molecule has 2 nitrogen and oxygen atoms in total. The third kappa shape index (κ3) is 3.19. The number of ether oxygens (including phenoxy) is 1. The van der Waals surface area contributed by atoms with E-state index >= 15 is 0 Å². The maximum Gasteiger partial charge on any atom is 0.126 e. The Hall–Kier alpha value is -1.09. The SMILES string of the molecule is Cc1cc(OCCC2CCCC2N)ccc1F. The molecule has 0 radical (unpaired) electrons. The average molecular weight is 237 g/mol. The molecule has 3 heteroatoms. The molecule has 2 rings (SSSR count). The predicted octanol–water partition coefficient (Wildman–Crippen LogP) is 3.03. The Labute approximate surface area is 102 Å². The van der Waals surface area contributed by atoms with E-state index in [2.05, 4.69) is 0 Å². The summed E-state index contributed by atoms with van der Waals surface area (Å²) in [6.07, 6.45) is 4.59. The Balaban J connectivity index is 1.79. The fraction of sp³-hybridized carbons (Fsp3) is 0.571. The van der Waals surface area contributed by atoms with E-state index in [-0.39, 0.29) is 5.82 Å². The first-order valence-electron chi connectivity index (χ1n) is 6.31. The lowest BCUT2D eigenvalue weighted by atomic mass is 10.0. The second-order valence-corrected chi connectivity index (χ2v) is 4.90. The quantitative estimate of drug-likeness (QED) is 0.873. The molecule has 1 saturated carbocycles. The van der Waals surface area contributed by atoms with Crippen molar-refractivity contribution in [1.82, 2.24) is 0 Å². The minimum absolute atomic E-state index is 0.185. The van der Waals surface area contributed by atoms with Gasteiger partial charge in [0.2, 0.25) is 0 Å². The Bertz CT molecular complexity index is 380. The number of aryl methyl sites for hydroxylation is 1. The van der Waals surface area contributed by atoms with Crippen LogP contribution in [0, 0.1) is 18.7 Å².